The maximum atomic E-state index is 13.9. The molecule has 0 aromatic heterocycles. The highest BCUT2D eigenvalue weighted by Gasteiger charge is 2.35. The van der Waals surface area contributed by atoms with E-state index in [0.717, 1.165) is 0 Å². The minimum atomic E-state index is -1.58. The monoisotopic (exact) mass is 856 g/mol. The number of carbonyl (C=O) groups excluding carboxylic acids is 9. The number of aliphatic hydroxyl groups excluding tert-OH is 1. The van der Waals surface area contributed by atoms with E-state index < -0.39 is 108 Å². The molecule has 0 bridgehead atoms. The Balaban J connectivity index is 3.76. The number of hydrogen-bond donors (Lipinski definition) is 14. The molecule has 0 aromatic carbocycles. The van der Waals surface area contributed by atoms with Crippen molar-refractivity contribution in [3.63, 3.8) is 0 Å². The topological polar surface area (TPSA) is 386 Å². The van der Waals surface area contributed by atoms with Gasteiger partial charge in [-0.3, -0.25) is 43.2 Å². The van der Waals surface area contributed by atoms with Crippen LogP contribution in [-0.4, -0.2) is 145 Å². The summed E-state index contributed by atoms with van der Waals surface area (Å²) in [4.78, 5) is 121. The van der Waals surface area contributed by atoms with Crippen molar-refractivity contribution in [1.29, 1.82) is 0 Å². The molecule has 1 aliphatic heterocycles. The highest BCUT2D eigenvalue weighted by atomic mass is 16.3. The summed E-state index contributed by atoms with van der Waals surface area (Å²) < 4.78 is 0. The molecule has 23 nitrogen and oxygen atoms in total. The molecule has 9 amide bonds. The van der Waals surface area contributed by atoms with Gasteiger partial charge in [0.2, 0.25) is 53.2 Å². The van der Waals surface area contributed by atoms with Crippen molar-refractivity contribution in [3.05, 3.63) is 0 Å². The van der Waals surface area contributed by atoms with Crippen molar-refractivity contribution in [3.8, 4) is 0 Å². The van der Waals surface area contributed by atoms with E-state index in [4.69, 9.17) is 22.9 Å². The van der Waals surface area contributed by atoms with Crippen LogP contribution in [0.25, 0.3) is 0 Å². The average Bonchev–Trinajstić information content (AvgIpc) is 3.18. The molecule has 1 rings (SSSR count). The largest absolute Gasteiger partial charge is 0.391 e. The quantitative estimate of drug-likeness (QED) is 0.0688. The summed E-state index contributed by atoms with van der Waals surface area (Å²) >= 11 is 0. The average molecular weight is 856 g/mol. The summed E-state index contributed by atoms with van der Waals surface area (Å²) in [6.07, 6.45) is -1.33. The van der Waals surface area contributed by atoms with E-state index in [-0.39, 0.29) is 83.6 Å². The van der Waals surface area contributed by atoms with Gasteiger partial charge in [-0.25, -0.2) is 0 Å². The smallest absolute Gasteiger partial charge is 0.245 e. The lowest BCUT2D eigenvalue weighted by atomic mass is 10.0. The minimum absolute atomic E-state index is 0.0593. The van der Waals surface area contributed by atoms with Crippen molar-refractivity contribution in [1.82, 2.24) is 47.9 Å². The molecule has 60 heavy (non-hydrogen) atoms. The fraction of sp³-hybridized carbons (Fsp3) is 0.757. The Labute approximate surface area is 350 Å². The molecule has 1 aliphatic rings. The van der Waals surface area contributed by atoms with Crippen LogP contribution < -0.4 is 70.8 Å². The van der Waals surface area contributed by atoms with Crippen LogP contribution in [0.15, 0.2) is 0 Å². The summed E-state index contributed by atoms with van der Waals surface area (Å²) in [5, 5.41) is 33.3. The lowest BCUT2D eigenvalue weighted by Crippen LogP contribution is -2.61. The Kier molecular flexibility index (Phi) is 24.5. The zero-order valence-corrected chi connectivity index (χ0v) is 35.4. The first kappa shape index (κ1) is 53.0. The van der Waals surface area contributed by atoms with E-state index >= 15 is 0 Å². The molecule has 0 spiro atoms. The van der Waals surface area contributed by atoms with Gasteiger partial charge in [0.1, 0.15) is 48.3 Å². The Morgan fingerprint density at radius 2 is 1.12 bits per heavy atom. The van der Waals surface area contributed by atoms with Crippen molar-refractivity contribution in [2.24, 2.45) is 28.9 Å². The van der Waals surface area contributed by atoms with Crippen molar-refractivity contribution in [2.75, 3.05) is 32.7 Å². The molecule has 0 radical (unpaired) electrons. The Morgan fingerprint density at radius 3 is 1.57 bits per heavy atom. The first-order valence-corrected chi connectivity index (χ1v) is 20.5. The molecule has 0 saturated carbocycles. The zero-order valence-electron chi connectivity index (χ0n) is 35.4. The number of hydrogen-bond acceptors (Lipinski definition) is 14. The molecule has 5 unspecified atom stereocenters. The van der Waals surface area contributed by atoms with Gasteiger partial charge in [0.25, 0.3) is 0 Å². The van der Waals surface area contributed by atoms with Crippen LogP contribution in [0.4, 0.5) is 0 Å². The fourth-order valence-corrected chi connectivity index (χ4v) is 6.10. The number of amides is 9. The number of rotatable bonds is 16. The number of aliphatic hydroxyl groups is 1. The molecule has 18 N–H and O–H groups in total. The van der Waals surface area contributed by atoms with Gasteiger partial charge < -0.3 is 75.9 Å². The standard InChI is InChI=1S/C37H69N13O10/c1-6-8-28(52)43-27(18-41)36(59)48-25-12-16-42-37(60)29(20(5)51)50-34(57)24(11-15-40)47-31(54)22(9-13-38)45-30(53)21(7-2)44-35(58)26(17-19(3)4)49-32(55)23(10-14-39)46-33(25)56/h19-27,29,51H,6-18,38-41H2,1-5H3,(H,42,60)(H,43,52)(H,44,58)(H,45,53)(H,46,56)(H,47,54)(H,48,59)(H,49,55)(H,50,57)/t20?,21-,22?,23?,24?,25-,26+,27-,29?/m0/s1. The Hall–Kier alpha value is -4.97. The molecule has 0 aliphatic carbocycles. The normalized spacial score (nSPS) is 25.6. The van der Waals surface area contributed by atoms with E-state index in [2.05, 4.69) is 47.9 Å². The highest BCUT2D eigenvalue weighted by Crippen LogP contribution is 2.09. The maximum Gasteiger partial charge on any atom is 0.245 e. The predicted octanol–water partition coefficient (Wildman–Crippen LogP) is -5.97. The van der Waals surface area contributed by atoms with Crippen LogP contribution in [0.5, 0.6) is 0 Å². The van der Waals surface area contributed by atoms with Crippen molar-refractivity contribution >= 4 is 53.2 Å². The second kappa shape index (κ2) is 27.7. The van der Waals surface area contributed by atoms with Gasteiger partial charge in [-0.2, -0.15) is 0 Å². The molecule has 1 heterocycles. The SMILES string of the molecule is CCCC(=O)N[C@@H](CN)C(=O)N[C@H]1CCNC(=O)C(C(C)O)NC(=O)C(CCN)NC(=O)C(CCN)NC(=O)[C@H](CC)NC(=O)[C@@H](CC(C)C)NC(=O)C(CCN)NC1=O. The third-order valence-corrected chi connectivity index (χ3v) is 9.44. The van der Waals surface area contributed by atoms with Gasteiger partial charge in [-0.05, 0) is 77.4 Å². The van der Waals surface area contributed by atoms with Crippen LogP contribution in [0.3, 0.4) is 0 Å². The summed E-state index contributed by atoms with van der Waals surface area (Å²) in [5.74, 6) is -7.27. The van der Waals surface area contributed by atoms with Gasteiger partial charge in [0.05, 0.1) is 6.10 Å². The maximum absolute atomic E-state index is 13.9. The number of carbonyl (C=O) groups is 9. The van der Waals surface area contributed by atoms with Gasteiger partial charge in [-0.15, -0.1) is 0 Å². The molecule has 0 aromatic rings. The molecule has 23 heteroatoms. The van der Waals surface area contributed by atoms with Gasteiger partial charge in [0.15, 0.2) is 0 Å². The van der Waals surface area contributed by atoms with E-state index in [1.165, 1.54) is 6.92 Å². The van der Waals surface area contributed by atoms with E-state index in [1.807, 2.05) is 0 Å². The first-order chi connectivity index (χ1) is 28.4. The van der Waals surface area contributed by atoms with Crippen LogP contribution in [0.2, 0.25) is 0 Å². The van der Waals surface area contributed by atoms with Crippen LogP contribution >= 0.6 is 0 Å². The summed E-state index contributed by atoms with van der Waals surface area (Å²) in [7, 11) is 0. The van der Waals surface area contributed by atoms with E-state index in [1.54, 1.807) is 27.7 Å². The Morgan fingerprint density at radius 1 is 0.667 bits per heavy atom. The summed E-state index contributed by atoms with van der Waals surface area (Å²) in [6, 6.07) is -10.7. The minimum Gasteiger partial charge on any atom is -0.391 e. The Bertz CT molecular complexity index is 1470. The predicted molar refractivity (Wildman–Crippen MR) is 219 cm³/mol. The second-order valence-corrected chi connectivity index (χ2v) is 15.0. The lowest BCUT2D eigenvalue weighted by molar-refractivity contribution is -0.136. The third kappa shape index (κ3) is 18.1. The molecule has 1 saturated heterocycles. The van der Waals surface area contributed by atoms with Gasteiger partial charge >= 0.3 is 0 Å². The molecule has 1 fully saturated rings. The summed E-state index contributed by atoms with van der Waals surface area (Å²) in [5.41, 5.74) is 23.1. The van der Waals surface area contributed by atoms with Crippen LogP contribution in [0.1, 0.15) is 86.0 Å². The summed E-state index contributed by atoms with van der Waals surface area (Å²) in [6.45, 7) is 7.29. The number of nitrogens with one attached hydrogen (secondary N) is 9. The van der Waals surface area contributed by atoms with Gasteiger partial charge in [0, 0.05) is 19.5 Å². The number of nitrogens with two attached hydrogens (primary N) is 4. The van der Waals surface area contributed by atoms with Crippen LogP contribution in [0, 0.1) is 5.92 Å². The molecular weight excluding hydrogens is 786 g/mol. The van der Waals surface area contributed by atoms with Crippen molar-refractivity contribution < 1.29 is 48.3 Å². The third-order valence-electron chi connectivity index (χ3n) is 9.44. The van der Waals surface area contributed by atoms with E-state index in [0.29, 0.717) is 6.42 Å². The highest BCUT2D eigenvalue weighted by molar-refractivity contribution is 5.98. The van der Waals surface area contributed by atoms with E-state index in [9.17, 15) is 48.3 Å². The first-order valence-electron chi connectivity index (χ1n) is 20.5. The lowest BCUT2D eigenvalue weighted by Gasteiger charge is -2.28. The van der Waals surface area contributed by atoms with Gasteiger partial charge in [-0.1, -0.05) is 27.7 Å². The molecule has 342 valence electrons. The second-order valence-electron chi connectivity index (χ2n) is 15.0. The van der Waals surface area contributed by atoms with Crippen molar-refractivity contribution in [2.45, 2.75) is 140 Å². The van der Waals surface area contributed by atoms with Crippen LogP contribution in [-0.2, 0) is 43.2 Å². The molecular formula is C37H69N13O10. The molecule has 9 atom stereocenters. The fourth-order valence-electron chi connectivity index (χ4n) is 6.10. The zero-order chi connectivity index (χ0) is 45.5.